The zero-order valence-corrected chi connectivity index (χ0v) is 18.7. The largest absolute Gasteiger partial charge is 0.422 e. The van der Waals surface area contributed by atoms with Crippen molar-refractivity contribution >= 4 is 40.7 Å². The molecule has 12 heteroatoms. The predicted octanol–water partition coefficient (Wildman–Crippen LogP) is 6.34. The van der Waals surface area contributed by atoms with Crippen LogP contribution in [0.4, 0.5) is 14.5 Å². The summed E-state index contributed by atoms with van der Waals surface area (Å²) in [6.45, 7) is 2.44. The van der Waals surface area contributed by atoms with Crippen molar-refractivity contribution in [2.75, 3.05) is 13.2 Å². The van der Waals surface area contributed by atoms with Gasteiger partial charge >= 0.3 is 19.2 Å². The summed E-state index contributed by atoms with van der Waals surface area (Å²) in [7, 11) is -4.76. The summed E-state index contributed by atoms with van der Waals surface area (Å²) in [5, 5.41) is 11.0. The highest BCUT2D eigenvalue weighted by Gasteiger charge is 2.54. The van der Waals surface area contributed by atoms with E-state index in [1.165, 1.54) is 50.2 Å². The number of benzene rings is 2. The summed E-state index contributed by atoms with van der Waals surface area (Å²) < 4.78 is 58.0. The zero-order valence-electron chi connectivity index (χ0n) is 16.9. The van der Waals surface area contributed by atoms with E-state index in [2.05, 4.69) is 0 Å². The monoisotopic (exact) mass is 485 g/mol. The van der Waals surface area contributed by atoms with Crippen LogP contribution in [0, 0.1) is 10.1 Å². The van der Waals surface area contributed by atoms with Gasteiger partial charge in [-0.25, -0.2) is 4.79 Å². The van der Waals surface area contributed by atoms with Crippen molar-refractivity contribution in [3.8, 4) is 5.75 Å². The molecule has 0 fully saturated rings. The van der Waals surface area contributed by atoms with E-state index in [-0.39, 0.29) is 29.5 Å². The van der Waals surface area contributed by atoms with Gasteiger partial charge in [-0.3, -0.25) is 14.7 Å². The number of rotatable bonds is 9. The molecule has 0 bridgehead atoms. The summed E-state index contributed by atoms with van der Waals surface area (Å²) in [5.74, 6) is -0.651. The highest BCUT2D eigenvalue weighted by molar-refractivity contribution is 7.54. The molecule has 32 heavy (non-hydrogen) atoms. The number of thiophene rings is 1. The number of nitro benzene ring substituents is 1. The first-order valence-corrected chi connectivity index (χ1v) is 11.7. The van der Waals surface area contributed by atoms with Gasteiger partial charge in [-0.1, -0.05) is 6.07 Å². The summed E-state index contributed by atoms with van der Waals surface area (Å²) in [4.78, 5) is 22.7. The van der Waals surface area contributed by atoms with Crippen molar-refractivity contribution in [1.29, 1.82) is 0 Å². The van der Waals surface area contributed by atoms with Crippen molar-refractivity contribution in [3.63, 3.8) is 0 Å². The summed E-state index contributed by atoms with van der Waals surface area (Å²) in [6, 6.07) is 9.93. The minimum Gasteiger partial charge on any atom is -0.422 e. The molecule has 1 aromatic heterocycles. The van der Waals surface area contributed by atoms with Crippen LogP contribution in [-0.4, -0.2) is 24.1 Å². The molecule has 0 aliphatic carbocycles. The van der Waals surface area contributed by atoms with Gasteiger partial charge in [0.2, 0.25) is 0 Å². The van der Waals surface area contributed by atoms with Gasteiger partial charge in [0, 0.05) is 22.4 Å². The topological polar surface area (TPSA) is 105 Å². The van der Waals surface area contributed by atoms with Gasteiger partial charge in [-0.15, -0.1) is 11.3 Å². The number of halogens is 2. The molecule has 0 saturated heterocycles. The Morgan fingerprint density at radius 2 is 1.72 bits per heavy atom. The van der Waals surface area contributed by atoms with E-state index in [1.54, 1.807) is 0 Å². The van der Waals surface area contributed by atoms with Crippen molar-refractivity contribution in [2.45, 2.75) is 19.5 Å². The third-order valence-electron chi connectivity index (χ3n) is 4.26. The Balaban J connectivity index is 1.87. The van der Waals surface area contributed by atoms with Crippen LogP contribution in [0.2, 0.25) is 0 Å². The molecule has 3 aromatic rings. The van der Waals surface area contributed by atoms with Crippen LogP contribution in [0.5, 0.6) is 5.75 Å². The maximum absolute atomic E-state index is 15.0. The Morgan fingerprint density at radius 3 is 2.28 bits per heavy atom. The summed E-state index contributed by atoms with van der Waals surface area (Å²) >= 11 is 1.02. The maximum Gasteiger partial charge on any atom is 0.404 e. The lowest BCUT2D eigenvalue weighted by Crippen LogP contribution is -2.18. The number of alkyl halides is 2. The average molecular weight is 485 g/mol. The van der Waals surface area contributed by atoms with E-state index in [0.717, 1.165) is 23.5 Å². The van der Waals surface area contributed by atoms with Crippen LogP contribution in [0.3, 0.4) is 0 Å². The van der Waals surface area contributed by atoms with Gasteiger partial charge in [0.05, 0.1) is 18.1 Å². The number of carbonyl (C=O) groups excluding carboxylic acids is 1. The number of carbonyl (C=O) groups is 1. The number of hydrogen-bond donors (Lipinski definition) is 0. The lowest BCUT2D eigenvalue weighted by Gasteiger charge is -2.26. The van der Waals surface area contributed by atoms with Gasteiger partial charge in [0.25, 0.3) is 5.69 Å². The Hall–Kier alpha value is -2.72. The van der Waals surface area contributed by atoms with E-state index >= 15 is 0 Å². The molecule has 0 radical (unpaired) electrons. The fourth-order valence-electron chi connectivity index (χ4n) is 2.82. The average Bonchev–Trinajstić information content (AvgIpc) is 3.18. The predicted molar refractivity (Wildman–Crippen MR) is 115 cm³/mol. The van der Waals surface area contributed by atoms with Crippen LogP contribution >= 0.6 is 18.9 Å². The fraction of sp³-hybridized carbons (Fsp3) is 0.250. The number of ether oxygens (including phenoxy) is 1. The molecule has 0 spiro atoms. The van der Waals surface area contributed by atoms with Crippen LogP contribution in [0.1, 0.15) is 29.1 Å². The van der Waals surface area contributed by atoms with Crippen LogP contribution in [-0.2, 0) is 19.3 Å². The molecule has 1 heterocycles. The van der Waals surface area contributed by atoms with Crippen molar-refractivity contribution in [3.05, 3.63) is 69.1 Å². The minimum absolute atomic E-state index is 0.0969. The molecule has 0 atom stereocenters. The highest BCUT2D eigenvalue weighted by atomic mass is 32.1. The van der Waals surface area contributed by atoms with Crippen LogP contribution in [0.25, 0.3) is 10.1 Å². The molecular formula is C20H18F2NO7PS. The van der Waals surface area contributed by atoms with Gasteiger partial charge in [-0.05, 0) is 49.6 Å². The molecule has 0 aliphatic rings. The van der Waals surface area contributed by atoms with E-state index < -0.39 is 29.7 Å². The van der Waals surface area contributed by atoms with Crippen LogP contribution in [0.15, 0.2) is 48.5 Å². The fourth-order valence-corrected chi connectivity index (χ4v) is 5.28. The molecule has 3 rings (SSSR count). The number of fused-ring (bicyclic) bond motifs is 1. The van der Waals surface area contributed by atoms with Gasteiger partial charge in [0.1, 0.15) is 10.6 Å². The second kappa shape index (κ2) is 9.41. The van der Waals surface area contributed by atoms with Crippen molar-refractivity contribution < 1.29 is 36.8 Å². The van der Waals surface area contributed by atoms with Crippen molar-refractivity contribution in [2.24, 2.45) is 0 Å². The molecule has 0 amide bonds. The summed E-state index contributed by atoms with van der Waals surface area (Å²) in [5.41, 5.74) is -4.62. The molecule has 0 N–H and O–H groups in total. The normalized spacial score (nSPS) is 12.1. The van der Waals surface area contributed by atoms with E-state index in [0.29, 0.717) is 10.1 Å². The van der Waals surface area contributed by atoms with Gasteiger partial charge in [0.15, 0.2) is 0 Å². The second-order valence-electron chi connectivity index (χ2n) is 6.38. The Bertz CT molecular complexity index is 1190. The first kappa shape index (κ1) is 23.9. The summed E-state index contributed by atoms with van der Waals surface area (Å²) in [6.07, 6.45) is 0. The number of esters is 1. The van der Waals surface area contributed by atoms with E-state index in [9.17, 15) is 28.3 Å². The maximum atomic E-state index is 15.0. The Labute approximate surface area is 185 Å². The smallest absolute Gasteiger partial charge is 0.404 e. The number of nitro groups is 1. The zero-order chi connectivity index (χ0) is 23.5. The number of non-ortho nitro benzene ring substituents is 1. The molecule has 0 aliphatic heterocycles. The number of hydrogen-bond acceptors (Lipinski definition) is 8. The molecular weight excluding hydrogens is 467 g/mol. The van der Waals surface area contributed by atoms with Crippen molar-refractivity contribution in [1.82, 2.24) is 0 Å². The molecule has 170 valence electrons. The number of nitrogens with zero attached hydrogens (tertiary/aromatic N) is 1. The third kappa shape index (κ3) is 4.71. The molecule has 8 nitrogen and oxygen atoms in total. The quantitative estimate of drug-likeness (QED) is 0.114. The second-order valence-corrected chi connectivity index (χ2v) is 9.53. The highest BCUT2D eigenvalue weighted by Crippen LogP contribution is 2.66. The van der Waals surface area contributed by atoms with Gasteiger partial charge < -0.3 is 13.8 Å². The Morgan fingerprint density at radius 1 is 1.09 bits per heavy atom. The van der Waals surface area contributed by atoms with Gasteiger partial charge in [-0.2, -0.15) is 8.78 Å². The molecule has 0 saturated carbocycles. The molecule has 0 unspecified atom stereocenters. The third-order valence-corrected chi connectivity index (χ3v) is 7.50. The first-order valence-electron chi connectivity index (χ1n) is 9.39. The lowest BCUT2D eigenvalue weighted by molar-refractivity contribution is -0.384. The molecule has 2 aromatic carbocycles. The SMILES string of the molecule is CCOP(=O)(OCC)C(F)(F)c1ccc2sc(C(=O)Oc3ccc([N+](=O)[O-])cc3)cc2c1. The van der Waals surface area contributed by atoms with E-state index in [4.69, 9.17) is 13.8 Å². The van der Waals surface area contributed by atoms with E-state index in [1.807, 2.05) is 0 Å². The van der Waals surface area contributed by atoms with Crippen LogP contribution < -0.4 is 4.74 Å². The lowest BCUT2D eigenvalue weighted by atomic mass is 10.1. The Kier molecular flexibility index (Phi) is 7.04. The minimum atomic E-state index is -4.76. The standard InChI is InChI=1S/C20H18F2NO7PS/c1-3-28-31(27,29-4-2)20(21,22)14-5-10-17-13(11-14)12-18(32-17)19(24)30-16-8-6-15(7-9-16)23(25)26/h5-12H,3-4H2,1-2H3. The first-order chi connectivity index (χ1) is 15.1.